The van der Waals surface area contributed by atoms with Crippen molar-refractivity contribution in [3.05, 3.63) is 63.4 Å². The van der Waals surface area contributed by atoms with Crippen LogP contribution in [0.5, 0.6) is 5.75 Å². The Morgan fingerprint density at radius 2 is 1.89 bits per heavy atom. The number of halogens is 5. The van der Waals surface area contributed by atoms with E-state index < -0.39 is 22.6 Å². The molecule has 2 aromatic rings. The topological polar surface area (TPSA) is 41.6 Å². The molecule has 2 aromatic carbocycles. The molecule has 1 aliphatic carbocycles. The molecule has 10 heteroatoms. The van der Waals surface area contributed by atoms with E-state index in [2.05, 4.69) is 4.72 Å². The van der Waals surface area contributed by atoms with E-state index in [1.807, 2.05) is 35.6 Å². The molecule has 4 rings (SSSR count). The van der Waals surface area contributed by atoms with Gasteiger partial charge in [0.15, 0.2) is 0 Å². The molecule has 2 fully saturated rings. The van der Waals surface area contributed by atoms with Crippen molar-refractivity contribution >= 4 is 33.5 Å². The molecule has 37 heavy (non-hydrogen) atoms. The molecule has 1 unspecified atom stereocenters. The van der Waals surface area contributed by atoms with E-state index in [0.717, 1.165) is 43.1 Å². The number of ether oxygens (including phenoxy) is 1. The maximum atomic E-state index is 14.4. The summed E-state index contributed by atoms with van der Waals surface area (Å²) in [6.45, 7) is 3.77. The number of piperidine rings is 1. The fraction of sp³-hybridized carbons (Fsp3) is 0.481. The smallest absolute Gasteiger partial charge is 0.416 e. The molecule has 0 aromatic heterocycles. The van der Waals surface area contributed by atoms with E-state index in [1.165, 1.54) is 0 Å². The van der Waals surface area contributed by atoms with Crippen molar-refractivity contribution in [3.8, 4) is 5.75 Å². The third kappa shape index (κ3) is 7.27. The third-order valence-electron chi connectivity index (χ3n) is 6.90. The lowest BCUT2D eigenvalue weighted by Crippen LogP contribution is -2.35. The van der Waals surface area contributed by atoms with Crippen LogP contribution < -0.4 is 9.46 Å². The van der Waals surface area contributed by atoms with Crippen LogP contribution in [0.3, 0.4) is 0 Å². The number of nitrogens with zero attached hydrogens (tertiary/aromatic N) is 1. The first-order chi connectivity index (χ1) is 17.5. The van der Waals surface area contributed by atoms with E-state index in [4.69, 9.17) is 16.3 Å². The number of carbonyl (C=O) groups is 1. The van der Waals surface area contributed by atoms with Crippen molar-refractivity contribution in [2.75, 3.05) is 26.0 Å². The molecular weight excluding hydrogens is 528 g/mol. The maximum absolute atomic E-state index is 14.4. The summed E-state index contributed by atoms with van der Waals surface area (Å²) in [5, 5.41) is 1.44. The second-order valence-electron chi connectivity index (χ2n) is 9.71. The van der Waals surface area contributed by atoms with Crippen LogP contribution >= 0.6 is 22.3 Å². The highest BCUT2D eigenvalue weighted by atomic mass is 35.5. The van der Waals surface area contributed by atoms with Gasteiger partial charge in [0.2, 0.25) is 0 Å². The average molecular weight is 559 g/mol. The second-order valence-corrected chi connectivity index (χ2v) is 11.9. The molecule has 1 saturated carbocycles. The quantitative estimate of drug-likeness (QED) is 0.279. The summed E-state index contributed by atoms with van der Waals surface area (Å²) in [6, 6.07) is 7.08. The second kappa shape index (κ2) is 11.7. The van der Waals surface area contributed by atoms with Gasteiger partial charge in [-0.25, -0.2) is 4.39 Å². The molecule has 0 radical (unpaired) electrons. The first-order valence-electron chi connectivity index (χ1n) is 12.3. The summed E-state index contributed by atoms with van der Waals surface area (Å²) < 4.78 is 62.9. The van der Waals surface area contributed by atoms with Gasteiger partial charge in [0, 0.05) is 17.7 Å². The Kier molecular flexibility index (Phi) is 8.86. The monoisotopic (exact) mass is 558 g/mol. The van der Waals surface area contributed by atoms with Crippen LogP contribution in [-0.4, -0.2) is 42.1 Å². The normalized spacial score (nSPS) is 18.1. The van der Waals surface area contributed by atoms with E-state index in [9.17, 15) is 22.4 Å². The van der Waals surface area contributed by atoms with Gasteiger partial charge < -0.3 is 9.46 Å². The predicted octanol–water partition coefficient (Wildman–Crippen LogP) is 7.03. The summed E-state index contributed by atoms with van der Waals surface area (Å²) in [6.07, 6.45) is 1.12. The fourth-order valence-electron chi connectivity index (χ4n) is 4.48. The summed E-state index contributed by atoms with van der Waals surface area (Å²) in [4.78, 5) is 14.5. The SMILES string of the molecule is C/C=S(\C)NC(=O)c1ccc(OCC2CCN(Cc3cc(C(F)(F)F)cc(Cl)c3F)CC2)c(C2CC2)c1. The van der Waals surface area contributed by atoms with Gasteiger partial charge in [-0.2, -0.15) is 13.2 Å². The minimum absolute atomic E-state index is 0.0421. The molecule has 0 bridgehead atoms. The zero-order chi connectivity index (χ0) is 26.7. The predicted molar refractivity (Wildman–Crippen MR) is 141 cm³/mol. The van der Waals surface area contributed by atoms with Crippen LogP contribution in [0.4, 0.5) is 17.6 Å². The van der Waals surface area contributed by atoms with Crippen molar-refractivity contribution in [2.45, 2.75) is 51.2 Å². The highest BCUT2D eigenvalue weighted by molar-refractivity contribution is 8.13. The van der Waals surface area contributed by atoms with Crippen LogP contribution in [0.15, 0.2) is 30.3 Å². The first-order valence-corrected chi connectivity index (χ1v) is 14.4. The average Bonchev–Trinajstić information content (AvgIpc) is 3.71. The van der Waals surface area contributed by atoms with Gasteiger partial charge >= 0.3 is 6.18 Å². The molecule has 2 aliphatic rings. The van der Waals surface area contributed by atoms with E-state index in [0.29, 0.717) is 37.2 Å². The molecule has 1 N–H and O–H groups in total. The Bertz CT molecular complexity index is 1180. The molecule has 4 nitrogen and oxygen atoms in total. The lowest BCUT2D eigenvalue weighted by atomic mass is 9.97. The zero-order valence-corrected chi connectivity index (χ0v) is 22.4. The molecule has 1 atom stereocenters. The largest absolute Gasteiger partial charge is 0.493 e. The molecule has 1 aliphatic heterocycles. The summed E-state index contributed by atoms with van der Waals surface area (Å²) in [5.74, 6) is 0.607. The Hall–Kier alpha value is -2.10. The summed E-state index contributed by atoms with van der Waals surface area (Å²) in [7, 11) is -0.283. The summed E-state index contributed by atoms with van der Waals surface area (Å²) in [5.41, 5.74) is 0.717. The standard InChI is InChI=1S/C27H31ClF4N2O2S/c1-3-37(2)33-26(35)19-6-7-24(22(13-19)18-4-5-18)36-16-17-8-10-34(11-9-17)15-20-12-21(27(30,31)32)14-23(28)25(20)29/h3,6-7,12-14,17-18H,4-5,8-11,15-16H2,1-2H3,(H,33,35). The van der Waals surface area contributed by atoms with Gasteiger partial charge in [0.1, 0.15) is 11.6 Å². The van der Waals surface area contributed by atoms with E-state index >= 15 is 0 Å². The molecule has 1 saturated heterocycles. The number of hydrogen-bond donors (Lipinski definition) is 1. The maximum Gasteiger partial charge on any atom is 0.416 e. The molecule has 1 amide bonds. The molecule has 202 valence electrons. The highest BCUT2D eigenvalue weighted by Crippen LogP contribution is 2.45. The Labute approximate surface area is 222 Å². The third-order valence-corrected chi connectivity index (χ3v) is 8.39. The van der Waals surface area contributed by atoms with Crippen LogP contribution in [0.25, 0.3) is 0 Å². The van der Waals surface area contributed by atoms with Crippen LogP contribution in [-0.2, 0) is 12.7 Å². The Morgan fingerprint density at radius 1 is 1.19 bits per heavy atom. The van der Waals surface area contributed by atoms with Crippen LogP contribution in [0, 0.1) is 11.7 Å². The number of rotatable bonds is 8. The Morgan fingerprint density at radius 3 is 2.51 bits per heavy atom. The van der Waals surface area contributed by atoms with Crippen molar-refractivity contribution < 1.29 is 27.1 Å². The van der Waals surface area contributed by atoms with Gasteiger partial charge in [0.05, 0.1) is 17.2 Å². The number of carbonyl (C=O) groups excluding carboxylic acids is 1. The highest BCUT2D eigenvalue weighted by Gasteiger charge is 2.33. The van der Waals surface area contributed by atoms with Crippen molar-refractivity contribution in [2.24, 2.45) is 5.92 Å². The van der Waals surface area contributed by atoms with Gasteiger partial charge in [-0.15, -0.1) is 10.7 Å². The number of amides is 1. The van der Waals surface area contributed by atoms with Gasteiger partial charge in [-0.1, -0.05) is 11.6 Å². The van der Waals surface area contributed by atoms with Crippen LogP contribution in [0.1, 0.15) is 65.6 Å². The van der Waals surface area contributed by atoms with Gasteiger partial charge in [-0.3, -0.25) is 9.69 Å². The fourth-order valence-corrected chi connectivity index (χ4v) is 5.25. The minimum atomic E-state index is -4.58. The lowest BCUT2D eigenvalue weighted by Gasteiger charge is -2.32. The Balaban J connectivity index is 1.33. The molecule has 1 heterocycles. The molecule has 0 spiro atoms. The van der Waals surface area contributed by atoms with Crippen molar-refractivity contribution in [1.29, 1.82) is 0 Å². The molecular formula is C27H31ClF4N2O2S. The first kappa shape index (κ1) is 27.9. The van der Waals surface area contributed by atoms with Gasteiger partial charge in [0.25, 0.3) is 5.91 Å². The number of nitrogens with one attached hydrogen (secondary N) is 1. The van der Waals surface area contributed by atoms with Crippen molar-refractivity contribution in [3.63, 3.8) is 0 Å². The number of likely N-dealkylation sites (tertiary alicyclic amines) is 1. The number of alkyl halides is 3. The van der Waals surface area contributed by atoms with E-state index in [-0.39, 0.29) is 34.6 Å². The van der Waals surface area contributed by atoms with Gasteiger partial charge in [-0.05, 0) is 105 Å². The van der Waals surface area contributed by atoms with Crippen LogP contribution in [0.2, 0.25) is 5.02 Å². The van der Waals surface area contributed by atoms with Crippen molar-refractivity contribution in [1.82, 2.24) is 9.62 Å². The zero-order valence-electron chi connectivity index (χ0n) is 20.8. The lowest BCUT2D eigenvalue weighted by molar-refractivity contribution is -0.137. The number of benzene rings is 2. The van der Waals surface area contributed by atoms with E-state index in [1.54, 1.807) is 6.07 Å². The summed E-state index contributed by atoms with van der Waals surface area (Å²) >= 11 is 5.73. The number of hydrogen-bond acceptors (Lipinski definition) is 3. The minimum Gasteiger partial charge on any atom is -0.493 e.